The molecule has 4 atom stereocenters. The van der Waals surface area contributed by atoms with Crippen molar-refractivity contribution in [2.24, 2.45) is 11.8 Å². The summed E-state index contributed by atoms with van der Waals surface area (Å²) in [6, 6.07) is 0. The first-order valence-corrected chi connectivity index (χ1v) is 5.70. The molecule has 0 unspecified atom stereocenters. The molecule has 2 aliphatic heterocycles. The summed E-state index contributed by atoms with van der Waals surface area (Å²) in [5.41, 5.74) is -0.268. The maximum absolute atomic E-state index is 10.7. The molecule has 1 saturated carbocycles. The second-order valence-corrected chi connectivity index (χ2v) is 4.94. The van der Waals surface area contributed by atoms with Crippen LogP contribution in [0.25, 0.3) is 0 Å². The van der Waals surface area contributed by atoms with Gasteiger partial charge in [0.2, 0.25) is 6.54 Å². The van der Waals surface area contributed by atoms with Gasteiger partial charge < -0.3 is 4.74 Å². The smallest absolute Gasteiger partial charge is 0.209 e. The van der Waals surface area contributed by atoms with Gasteiger partial charge >= 0.3 is 0 Å². The molecule has 3 rings (SSSR count). The Balaban J connectivity index is 1.88. The summed E-state index contributed by atoms with van der Waals surface area (Å²) >= 11 is 0. The van der Waals surface area contributed by atoms with Gasteiger partial charge in [0, 0.05) is 4.92 Å². The van der Waals surface area contributed by atoms with Gasteiger partial charge in [-0.25, -0.2) is 0 Å². The molecule has 82 valence electrons. The Hall–Kier alpha value is -0.900. The van der Waals surface area contributed by atoms with Crippen LogP contribution < -0.4 is 0 Å². The minimum Gasteiger partial charge on any atom is -0.363 e. The molecule has 2 bridgehead atoms. The van der Waals surface area contributed by atoms with Gasteiger partial charge in [0.25, 0.3) is 0 Å². The predicted octanol–water partition coefficient (Wildman–Crippen LogP) is 1.78. The van der Waals surface area contributed by atoms with E-state index in [0.717, 1.165) is 19.3 Å². The first-order valence-electron chi connectivity index (χ1n) is 5.70. The number of rotatable bonds is 2. The summed E-state index contributed by atoms with van der Waals surface area (Å²) in [5.74, 6) is 0.626. The van der Waals surface area contributed by atoms with Gasteiger partial charge in [-0.3, -0.25) is 10.1 Å². The van der Waals surface area contributed by atoms with Gasteiger partial charge in [0.05, 0.1) is 17.6 Å². The lowest BCUT2D eigenvalue weighted by Gasteiger charge is -2.40. The van der Waals surface area contributed by atoms with Gasteiger partial charge in [0.15, 0.2) is 0 Å². The van der Waals surface area contributed by atoms with Crippen molar-refractivity contribution in [2.75, 3.05) is 6.54 Å². The molecule has 15 heavy (non-hydrogen) atoms. The summed E-state index contributed by atoms with van der Waals surface area (Å²) in [7, 11) is 0. The minimum atomic E-state index is -0.268. The second kappa shape index (κ2) is 3.04. The maximum Gasteiger partial charge on any atom is 0.209 e. The molecule has 0 aromatic rings. The lowest BCUT2D eigenvalue weighted by atomic mass is 9.67. The zero-order chi connectivity index (χ0) is 10.5. The van der Waals surface area contributed by atoms with Crippen LogP contribution in [-0.4, -0.2) is 23.2 Å². The highest BCUT2D eigenvalue weighted by molar-refractivity contribution is 5.23. The van der Waals surface area contributed by atoms with Gasteiger partial charge in [-0.1, -0.05) is 18.6 Å². The number of ether oxygens (including phenoxy) is 1. The standard InChI is InChI=1S/C11H15NO3/c13-12(14)7-9-3-1-2-8-6-10-4-5-11(8,9)15-10/h4-5,8-10H,1-3,6-7H2/t8-,9+,10-,11+/m1/s1. The summed E-state index contributed by atoms with van der Waals surface area (Å²) in [6.07, 6.45) is 8.75. The van der Waals surface area contributed by atoms with Crippen molar-refractivity contribution in [1.29, 1.82) is 0 Å². The molecule has 0 radical (unpaired) electrons. The van der Waals surface area contributed by atoms with E-state index in [4.69, 9.17) is 4.74 Å². The van der Waals surface area contributed by atoms with E-state index >= 15 is 0 Å². The van der Waals surface area contributed by atoms with Crippen LogP contribution in [0.1, 0.15) is 25.7 Å². The Labute approximate surface area is 88.4 Å². The van der Waals surface area contributed by atoms with E-state index in [2.05, 4.69) is 12.2 Å². The molecule has 3 aliphatic rings. The fraction of sp³-hybridized carbons (Fsp3) is 0.818. The van der Waals surface area contributed by atoms with Gasteiger partial charge in [-0.2, -0.15) is 0 Å². The van der Waals surface area contributed by atoms with Crippen molar-refractivity contribution >= 4 is 0 Å². The van der Waals surface area contributed by atoms with Crippen molar-refractivity contribution < 1.29 is 9.66 Å². The van der Waals surface area contributed by atoms with Crippen molar-refractivity contribution in [3.63, 3.8) is 0 Å². The Morgan fingerprint density at radius 3 is 3.13 bits per heavy atom. The number of nitrogens with zero attached hydrogens (tertiary/aromatic N) is 1. The predicted molar refractivity (Wildman–Crippen MR) is 54.1 cm³/mol. The van der Waals surface area contributed by atoms with E-state index in [1.807, 2.05) is 0 Å². The molecule has 4 heteroatoms. The van der Waals surface area contributed by atoms with Gasteiger partial charge in [0.1, 0.15) is 0 Å². The Bertz CT molecular complexity index is 328. The molecule has 0 aromatic carbocycles. The number of nitro groups is 1. The summed E-state index contributed by atoms with van der Waals surface area (Å²) in [4.78, 5) is 10.5. The van der Waals surface area contributed by atoms with E-state index in [1.54, 1.807) is 0 Å². The molecule has 0 N–H and O–H groups in total. The van der Waals surface area contributed by atoms with Crippen LogP contribution in [0.4, 0.5) is 0 Å². The van der Waals surface area contributed by atoms with Crippen LogP contribution in [0.3, 0.4) is 0 Å². The molecule has 2 heterocycles. The molecule has 4 nitrogen and oxygen atoms in total. The van der Waals surface area contributed by atoms with Crippen LogP contribution in [0.15, 0.2) is 12.2 Å². The van der Waals surface area contributed by atoms with E-state index in [-0.39, 0.29) is 29.1 Å². The fourth-order valence-electron chi connectivity index (χ4n) is 3.58. The lowest BCUT2D eigenvalue weighted by Crippen LogP contribution is -2.46. The maximum atomic E-state index is 10.7. The van der Waals surface area contributed by atoms with Crippen LogP contribution in [-0.2, 0) is 4.74 Å². The zero-order valence-electron chi connectivity index (χ0n) is 8.59. The topological polar surface area (TPSA) is 52.4 Å². The third-order valence-electron chi connectivity index (χ3n) is 4.19. The highest BCUT2D eigenvalue weighted by Crippen LogP contribution is 2.53. The SMILES string of the molecule is O=[N+]([O-])C[C@@H]1CCC[C@@H]2C[C@H]3C=C[C@]21O3. The zero-order valence-corrected chi connectivity index (χ0v) is 8.59. The molecule has 2 fully saturated rings. The molecule has 0 aromatic heterocycles. The van der Waals surface area contributed by atoms with Crippen molar-refractivity contribution in [3.8, 4) is 0 Å². The molecular formula is C11H15NO3. The highest BCUT2D eigenvalue weighted by atomic mass is 16.6. The van der Waals surface area contributed by atoms with E-state index in [1.165, 1.54) is 6.42 Å². The molecule has 1 spiro atoms. The Morgan fingerprint density at radius 2 is 2.40 bits per heavy atom. The van der Waals surface area contributed by atoms with Crippen molar-refractivity contribution in [3.05, 3.63) is 22.3 Å². The van der Waals surface area contributed by atoms with Crippen molar-refractivity contribution in [2.45, 2.75) is 37.4 Å². The average molecular weight is 209 g/mol. The second-order valence-electron chi connectivity index (χ2n) is 4.94. The molecular weight excluding hydrogens is 194 g/mol. The van der Waals surface area contributed by atoms with Crippen LogP contribution in [0, 0.1) is 22.0 Å². The number of hydrogen-bond acceptors (Lipinski definition) is 3. The van der Waals surface area contributed by atoms with E-state index < -0.39 is 0 Å². The van der Waals surface area contributed by atoms with Crippen LogP contribution in [0.2, 0.25) is 0 Å². The third kappa shape index (κ3) is 1.24. The minimum absolute atomic E-state index is 0.0631. The normalized spacial score (nSPS) is 46.8. The monoisotopic (exact) mass is 209 g/mol. The molecule has 1 aliphatic carbocycles. The third-order valence-corrected chi connectivity index (χ3v) is 4.19. The lowest BCUT2D eigenvalue weighted by molar-refractivity contribution is -0.493. The number of hydrogen-bond donors (Lipinski definition) is 0. The van der Waals surface area contributed by atoms with Crippen LogP contribution in [0.5, 0.6) is 0 Å². The molecule has 0 amide bonds. The highest BCUT2D eigenvalue weighted by Gasteiger charge is 2.57. The first-order chi connectivity index (χ1) is 7.21. The Kier molecular flexibility index (Phi) is 1.89. The van der Waals surface area contributed by atoms with Crippen molar-refractivity contribution in [1.82, 2.24) is 0 Å². The number of fused-ring (bicyclic) bond motifs is 1. The van der Waals surface area contributed by atoms with Crippen LogP contribution >= 0.6 is 0 Å². The largest absolute Gasteiger partial charge is 0.363 e. The van der Waals surface area contributed by atoms with Gasteiger partial charge in [-0.05, 0) is 25.2 Å². The fourth-order valence-corrected chi connectivity index (χ4v) is 3.58. The average Bonchev–Trinajstić information content (AvgIpc) is 2.74. The summed E-state index contributed by atoms with van der Waals surface area (Å²) < 4.78 is 5.96. The Morgan fingerprint density at radius 1 is 1.53 bits per heavy atom. The van der Waals surface area contributed by atoms with E-state index in [0.29, 0.717) is 5.92 Å². The quantitative estimate of drug-likeness (QED) is 0.395. The molecule has 1 saturated heterocycles. The van der Waals surface area contributed by atoms with E-state index in [9.17, 15) is 10.1 Å². The summed E-state index contributed by atoms with van der Waals surface area (Å²) in [6.45, 7) is 0.0631. The van der Waals surface area contributed by atoms with Gasteiger partial charge in [-0.15, -0.1) is 0 Å². The first kappa shape index (κ1) is 9.33. The summed E-state index contributed by atoms with van der Waals surface area (Å²) in [5, 5.41) is 10.7.